The highest BCUT2D eigenvalue weighted by molar-refractivity contribution is 7.90. The van der Waals surface area contributed by atoms with Gasteiger partial charge in [-0.25, -0.2) is 8.42 Å². The van der Waals surface area contributed by atoms with Gasteiger partial charge in [-0.15, -0.1) is 0 Å². The lowest BCUT2D eigenvalue weighted by molar-refractivity contribution is 0.0920. The number of benzene rings is 2. The van der Waals surface area contributed by atoms with Gasteiger partial charge in [0.05, 0.1) is 10.6 Å². The quantitative estimate of drug-likeness (QED) is 0.829. The van der Waals surface area contributed by atoms with Crippen LogP contribution >= 0.6 is 0 Å². The minimum Gasteiger partial charge on any atom is -0.348 e. The molecule has 2 aromatic carbocycles. The number of hydrogen-bond acceptors (Lipinski definition) is 4. The smallest absolute Gasteiger partial charge is 0.251 e. The molecular weight excluding hydrogens is 360 g/mol. The van der Waals surface area contributed by atoms with Crippen LogP contribution in [0.4, 0.5) is 0 Å². The van der Waals surface area contributed by atoms with Gasteiger partial charge in [-0.05, 0) is 63.1 Å². The maximum absolute atomic E-state index is 12.5. The molecule has 2 atom stereocenters. The van der Waals surface area contributed by atoms with Crippen molar-refractivity contribution in [1.29, 1.82) is 0 Å². The fourth-order valence-electron chi connectivity index (χ4n) is 3.29. The van der Waals surface area contributed by atoms with Gasteiger partial charge >= 0.3 is 0 Å². The Labute approximate surface area is 161 Å². The molecule has 144 valence electrons. The molecule has 0 aromatic heterocycles. The maximum Gasteiger partial charge on any atom is 0.251 e. The van der Waals surface area contributed by atoms with Gasteiger partial charge in [-0.1, -0.05) is 29.8 Å². The van der Waals surface area contributed by atoms with Crippen LogP contribution in [0.25, 0.3) is 0 Å². The molecule has 3 rings (SSSR count). The van der Waals surface area contributed by atoms with E-state index in [1.165, 1.54) is 0 Å². The predicted molar refractivity (Wildman–Crippen MR) is 106 cm³/mol. The van der Waals surface area contributed by atoms with Crippen LogP contribution in [0, 0.1) is 6.92 Å². The molecule has 27 heavy (non-hydrogen) atoms. The van der Waals surface area contributed by atoms with E-state index in [0.717, 1.165) is 24.9 Å². The summed E-state index contributed by atoms with van der Waals surface area (Å²) in [5.41, 5.74) is 2.23. The monoisotopic (exact) mass is 386 g/mol. The van der Waals surface area contributed by atoms with E-state index in [4.69, 9.17) is 0 Å². The van der Waals surface area contributed by atoms with Crippen molar-refractivity contribution in [3.05, 3.63) is 65.2 Å². The molecule has 0 bridgehead atoms. The average Bonchev–Trinajstić information content (AvgIpc) is 2.64. The maximum atomic E-state index is 12.5. The van der Waals surface area contributed by atoms with E-state index in [9.17, 15) is 13.2 Å². The van der Waals surface area contributed by atoms with Crippen molar-refractivity contribution in [2.45, 2.75) is 49.4 Å². The van der Waals surface area contributed by atoms with Crippen molar-refractivity contribution in [3.63, 3.8) is 0 Å². The van der Waals surface area contributed by atoms with E-state index >= 15 is 0 Å². The molecule has 2 aromatic rings. The molecule has 1 saturated heterocycles. The molecule has 0 aliphatic carbocycles. The van der Waals surface area contributed by atoms with E-state index in [2.05, 4.69) is 17.6 Å². The summed E-state index contributed by atoms with van der Waals surface area (Å²) in [4.78, 5) is 12.8. The van der Waals surface area contributed by atoms with Crippen molar-refractivity contribution < 1.29 is 13.2 Å². The highest BCUT2D eigenvalue weighted by Gasteiger charge is 2.23. The van der Waals surface area contributed by atoms with Crippen molar-refractivity contribution in [3.8, 4) is 0 Å². The zero-order chi connectivity index (χ0) is 19.4. The van der Waals surface area contributed by atoms with Gasteiger partial charge in [0.2, 0.25) is 0 Å². The second-order valence-electron chi connectivity index (χ2n) is 7.23. The lowest BCUT2D eigenvalue weighted by Gasteiger charge is -2.30. The van der Waals surface area contributed by atoms with Gasteiger partial charge in [0.1, 0.15) is 0 Å². The summed E-state index contributed by atoms with van der Waals surface area (Å²) in [6, 6.07) is 14.0. The SMILES string of the molecule is Cc1ccc(S(=O)(=O)Cc2ccc(C(=O)NC3CCCNC3C)cc2)cc1. The Morgan fingerprint density at radius 3 is 2.41 bits per heavy atom. The van der Waals surface area contributed by atoms with Gasteiger partial charge in [-0.2, -0.15) is 0 Å². The number of carbonyl (C=O) groups excluding carboxylic acids is 1. The Morgan fingerprint density at radius 2 is 1.78 bits per heavy atom. The summed E-state index contributed by atoms with van der Waals surface area (Å²) in [6.07, 6.45) is 2.01. The molecule has 6 heteroatoms. The first kappa shape index (κ1) is 19.6. The zero-order valence-corrected chi connectivity index (χ0v) is 16.6. The van der Waals surface area contributed by atoms with Crippen LogP contribution in [0.3, 0.4) is 0 Å². The number of aryl methyl sites for hydroxylation is 1. The minimum atomic E-state index is -3.40. The van der Waals surface area contributed by atoms with Gasteiger partial charge in [0, 0.05) is 17.6 Å². The second kappa shape index (κ2) is 8.23. The molecule has 2 N–H and O–H groups in total. The van der Waals surface area contributed by atoms with Crippen LogP contribution in [0.1, 0.15) is 41.3 Å². The number of piperidine rings is 1. The molecule has 1 aliphatic rings. The van der Waals surface area contributed by atoms with Crippen molar-refractivity contribution in [2.24, 2.45) is 0 Å². The molecule has 1 heterocycles. The van der Waals surface area contributed by atoms with Crippen molar-refractivity contribution >= 4 is 15.7 Å². The molecule has 0 saturated carbocycles. The largest absolute Gasteiger partial charge is 0.348 e. The Balaban J connectivity index is 1.66. The average molecular weight is 387 g/mol. The normalized spacial score (nSPS) is 20.2. The number of sulfone groups is 1. The predicted octanol–water partition coefficient (Wildman–Crippen LogP) is 2.84. The van der Waals surface area contributed by atoms with E-state index < -0.39 is 9.84 Å². The van der Waals surface area contributed by atoms with Crippen LogP contribution < -0.4 is 10.6 Å². The summed E-state index contributed by atoms with van der Waals surface area (Å²) in [5, 5.41) is 6.43. The van der Waals surface area contributed by atoms with Crippen LogP contribution in [-0.4, -0.2) is 33.0 Å². The van der Waals surface area contributed by atoms with E-state index in [1.54, 1.807) is 48.5 Å². The van der Waals surface area contributed by atoms with Crippen LogP contribution in [0.2, 0.25) is 0 Å². The van der Waals surface area contributed by atoms with E-state index in [-0.39, 0.29) is 23.7 Å². The summed E-state index contributed by atoms with van der Waals surface area (Å²) in [7, 11) is -3.40. The number of hydrogen-bond donors (Lipinski definition) is 2. The fourth-order valence-corrected chi connectivity index (χ4v) is 4.64. The van der Waals surface area contributed by atoms with Gasteiger partial charge in [0.15, 0.2) is 9.84 Å². The number of rotatable bonds is 5. The third kappa shape index (κ3) is 4.96. The highest BCUT2D eigenvalue weighted by Crippen LogP contribution is 2.18. The Kier molecular flexibility index (Phi) is 5.97. The highest BCUT2D eigenvalue weighted by atomic mass is 32.2. The lowest BCUT2D eigenvalue weighted by Crippen LogP contribution is -2.51. The second-order valence-corrected chi connectivity index (χ2v) is 9.22. The lowest BCUT2D eigenvalue weighted by atomic mass is 9.99. The first-order chi connectivity index (χ1) is 12.8. The van der Waals surface area contributed by atoms with Crippen LogP contribution in [0.5, 0.6) is 0 Å². The van der Waals surface area contributed by atoms with Crippen molar-refractivity contribution in [2.75, 3.05) is 6.54 Å². The Hall–Kier alpha value is -2.18. The number of amides is 1. The van der Waals surface area contributed by atoms with Crippen LogP contribution in [0.15, 0.2) is 53.4 Å². The van der Waals surface area contributed by atoms with Crippen LogP contribution in [-0.2, 0) is 15.6 Å². The topological polar surface area (TPSA) is 75.3 Å². The van der Waals surface area contributed by atoms with Gasteiger partial charge in [0.25, 0.3) is 5.91 Å². The minimum absolute atomic E-state index is 0.0818. The molecule has 1 amide bonds. The first-order valence-corrected chi connectivity index (χ1v) is 10.9. The summed E-state index contributed by atoms with van der Waals surface area (Å²) < 4.78 is 25.1. The molecule has 1 fully saturated rings. The molecule has 0 radical (unpaired) electrons. The van der Waals surface area contributed by atoms with E-state index in [0.29, 0.717) is 16.0 Å². The van der Waals surface area contributed by atoms with E-state index in [1.807, 2.05) is 6.92 Å². The molecule has 2 unspecified atom stereocenters. The standard InChI is InChI=1S/C21H26N2O3S/c1-15-5-11-19(12-6-15)27(25,26)14-17-7-9-18(10-8-17)21(24)23-20-4-3-13-22-16(20)2/h5-12,16,20,22H,3-4,13-14H2,1-2H3,(H,23,24). The molecular formula is C21H26N2O3S. The summed E-state index contributed by atoms with van der Waals surface area (Å²) >= 11 is 0. The number of carbonyl (C=O) groups is 1. The summed E-state index contributed by atoms with van der Waals surface area (Å²) in [5.74, 6) is -0.204. The Bertz CT molecular complexity index is 890. The third-order valence-electron chi connectivity index (χ3n) is 5.03. The first-order valence-electron chi connectivity index (χ1n) is 9.28. The zero-order valence-electron chi connectivity index (χ0n) is 15.7. The summed E-state index contributed by atoms with van der Waals surface area (Å²) in [6.45, 7) is 4.98. The van der Waals surface area contributed by atoms with Crippen molar-refractivity contribution in [1.82, 2.24) is 10.6 Å². The van der Waals surface area contributed by atoms with Gasteiger partial charge < -0.3 is 10.6 Å². The third-order valence-corrected chi connectivity index (χ3v) is 6.73. The number of nitrogens with one attached hydrogen (secondary N) is 2. The Morgan fingerprint density at radius 1 is 1.11 bits per heavy atom. The van der Waals surface area contributed by atoms with Gasteiger partial charge in [-0.3, -0.25) is 4.79 Å². The molecule has 1 aliphatic heterocycles. The fraction of sp³-hybridized carbons (Fsp3) is 0.381. The molecule has 0 spiro atoms. The molecule has 5 nitrogen and oxygen atoms in total.